The average Bonchev–Trinajstić information content (AvgIpc) is 2.68. The SMILES string of the molecule is CCS(=O)(=O)N(C)c1cc(OC)c(OC)cc1C(=O)Nc1cc(Cl)ccc1C. The van der Waals surface area contributed by atoms with Gasteiger partial charge in [-0.3, -0.25) is 9.10 Å². The highest BCUT2D eigenvalue weighted by Crippen LogP contribution is 2.36. The number of hydrogen-bond donors (Lipinski definition) is 1. The molecule has 0 aliphatic heterocycles. The van der Waals surface area contributed by atoms with Gasteiger partial charge in [0.05, 0.1) is 31.2 Å². The quantitative estimate of drug-likeness (QED) is 0.729. The summed E-state index contributed by atoms with van der Waals surface area (Å²) in [4.78, 5) is 13.0. The highest BCUT2D eigenvalue weighted by atomic mass is 35.5. The lowest BCUT2D eigenvalue weighted by Crippen LogP contribution is -2.30. The van der Waals surface area contributed by atoms with Crippen LogP contribution in [-0.4, -0.2) is 41.3 Å². The number of rotatable bonds is 7. The zero-order valence-corrected chi connectivity index (χ0v) is 17.9. The largest absolute Gasteiger partial charge is 0.493 e. The van der Waals surface area contributed by atoms with Crippen LogP contribution < -0.4 is 19.1 Å². The summed E-state index contributed by atoms with van der Waals surface area (Å²) < 4.78 is 36.4. The predicted octanol–water partition coefficient (Wildman–Crippen LogP) is 3.70. The fraction of sp³-hybridized carbons (Fsp3) is 0.316. The number of nitrogens with one attached hydrogen (secondary N) is 1. The fourth-order valence-electron chi connectivity index (χ4n) is 2.57. The summed E-state index contributed by atoms with van der Waals surface area (Å²) in [5.74, 6) is -0.00104. The molecule has 0 saturated carbocycles. The number of carbonyl (C=O) groups excluding carboxylic acids is 1. The molecule has 0 fully saturated rings. The van der Waals surface area contributed by atoms with Gasteiger partial charge < -0.3 is 14.8 Å². The lowest BCUT2D eigenvalue weighted by molar-refractivity contribution is 0.102. The van der Waals surface area contributed by atoms with Crippen molar-refractivity contribution >= 4 is 38.9 Å². The Morgan fingerprint density at radius 3 is 2.32 bits per heavy atom. The van der Waals surface area contributed by atoms with Crippen LogP contribution in [0.5, 0.6) is 11.5 Å². The van der Waals surface area contributed by atoms with E-state index in [2.05, 4.69) is 5.32 Å². The van der Waals surface area contributed by atoms with Crippen LogP contribution in [-0.2, 0) is 10.0 Å². The van der Waals surface area contributed by atoms with Crippen molar-refractivity contribution in [3.8, 4) is 11.5 Å². The molecular formula is C19H23ClN2O5S. The average molecular weight is 427 g/mol. The molecule has 2 aromatic carbocycles. The third kappa shape index (κ3) is 4.51. The van der Waals surface area contributed by atoms with Gasteiger partial charge in [-0.1, -0.05) is 17.7 Å². The van der Waals surface area contributed by atoms with Gasteiger partial charge in [0.15, 0.2) is 11.5 Å². The van der Waals surface area contributed by atoms with E-state index in [1.165, 1.54) is 40.3 Å². The van der Waals surface area contributed by atoms with Gasteiger partial charge in [0.2, 0.25) is 10.0 Å². The molecule has 0 aliphatic carbocycles. The Morgan fingerprint density at radius 2 is 1.75 bits per heavy atom. The number of aryl methyl sites for hydroxylation is 1. The zero-order valence-electron chi connectivity index (χ0n) is 16.4. The summed E-state index contributed by atoms with van der Waals surface area (Å²) in [7, 11) is 0.660. The standard InChI is InChI=1S/C19H23ClN2O5S/c1-6-28(24,25)22(3)16-11-18(27-5)17(26-4)10-14(16)19(23)21-15-9-13(20)8-7-12(15)2/h7-11H,6H2,1-5H3,(H,21,23). The first kappa shape index (κ1) is 21.8. The maximum Gasteiger partial charge on any atom is 0.257 e. The van der Waals surface area contributed by atoms with E-state index in [1.54, 1.807) is 18.2 Å². The Bertz CT molecular complexity index is 992. The molecular weight excluding hydrogens is 404 g/mol. The van der Waals surface area contributed by atoms with Crippen molar-refractivity contribution in [2.24, 2.45) is 0 Å². The third-order valence-electron chi connectivity index (χ3n) is 4.32. The van der Waals surface area contributed by atoms with Crippen LogP contribution in [0, 0.1) is 6.92 Å². The maximum atomic E-state index is 13.0. The summed E-state index contributed by atoms with van der Waals surface area (Å²) in [6.07, 6.45) is 0. The Hall–Kier alpha value is -2.45. The lowest BCUT2D eigenvalue weighted by atomic mass is 10.1. The first-order valence-corrected chi connectivity index (χ1v) is 10.4. The van der Waals surface area contributed by atoms with E-state index in [9.17, 15) is 13.2 Å². The van der Waals surface area contributed by atoms with E-state index < -0.39 is 15.9 Å². The van der Waals surface area contributed by atoms with Crippen LogP contribution in [0.15, 0.2) is 30.3 Å². The van der Waals surface area contributed by atoms with Gasteiger partial charge in [-0.2, -0.15) is 0 Å². The maximum absolute atomic E-state index is 13.0. The molecule has 2 rings (SSSR count). The molecule has 1 N–H and O–H groups in total. The minimum Gasteiger partial charge on any atom is -0.493 e. The topological polar surface area (TPSA) is 84.9 Å². The van der Waals surface area contributed by atoms with E-state index in [0.29, 0.717) is 22.2 Å². The minimum atomic E-state index is -3.60. The highest BCUT2D eigenvalue weighted by molar-refractivity contribution is 7.92. The summed E-state index contributed by atoms with van der Waals surface area (Å²) in [6, 6.07) is 8.04. The number of carbonyl (C=O) groups is 1. The van der Waals surface area contributed by atoms with Crippen LogP contribution in [0.3, 0.4) is 0 Å². The number of amides is 1. The van der Waals surface area contributed by atoms with Gasteiger partial charge in [-0.15, -0.1) is 0 Å². The summed E-state index contributed by atoms with van der Waals surface area (Å²) in [6.45, 7) is 3.36. The van der Waals surface area contributed by atoms with Crippen molar-refractivity contribution in [2.75, 3.05) is 36.6 Å². The second-order valence-electron chi connectivity index (χ2n) is 6.01. The van der Waals surface area contributed by atoms with Gasteiger partial charge in [0, 0.05) is 23.8 Å². The second-order valence-corrected chi connectivity index (χ2v) is 8.73. The second kappa shape index (κ2) is 8.70. The van der Waals surface area contributed by atoms with Crippen LogP contribution in [0.4, 0.5) is 11.4 Å². The molecule has 152 valence electrons. The Kier molecular flexibility index (Phi) is 6.79. The predicted molar refractivity (Wildman–Crippen MR) is 112 cm³/mol. The molecule has 7 nitrogen and oxygen atoms in total. The number of sulfonamides is 1. The lowest BCUT2D eigenvalue weighted by Gasteiger charge is -2.23. The molecule has 0 aromatic heterocycles. The first-order valence-electron chi connectivity index (χ1n) is 8.44. The molecule has 0 bridgehead atoms. The molecule has 0 radical (unpaired) electrons. The summed E-state index contributed by atoms with van der Waals surface area (Å²) >= 11 is 6.02. The van der Waals surface area contributed by atoms with Gasteiger partial charge in [-0.05, 0) is 37.6 Å². The van der Waals surface area contributed by atoms with Crippen molar-refractivity contribution in [2.45, 2.75) is 13.8 Å². The highest BCUT2D eigenvalue weighted by Gasteiger charge is 2.25. The van der Waals surface area contributed by atoms with Gasteiger partial charge >= 0.3 is 0 Å². The van der Waals surface area contributed by atoms with Crippen molar-refractivity contribution in [1.82, 2.24) is 0 Å². The molecule has 0 aliphatic rings. The number of nitrogens with zero attached hydrogens (tertiary/aromatic N) is 1. The van der Waals surface area contributed by atoms with Crippen molar-refractivity contribution < 1.29 is 22.7 Å². The van der Waals surface area contributed by atoms with Crippen LogP contribution >= 0.6 is 11.6 Å². The monoisotopic (exact) mass is 426 g/mol. The zero-order chi connectivity index (χ0) is 21.1. The van der Waals surface area contributed by atoms with E-state index in [1.807, 2.05) is 6.92 Å². The normalized spacial score (nSPS) is 11.1. The van der Waals surface area contributed by atoms with E-state index in [4.69, 9.17) is 21.1 Å². The van der Waals surface area contributed by atoms with E-state index in [0.717, 1.165) is 9.87 Å². The van der Waals surface area contributed by atoms with Crippen molar-refractivity contribution in [3.63, 3.8) is 0 Å². The van der Waals surface area contributed by atoms with Crippen molar-refractivity contribution in [3.05, 3.63) is 46.5 Å². The molecule has 9 heteroatoms. The number of benzene rings is 2. The fourth-order valence-corrected chi connectivity index (χ4v) is 3.58. The smallest absolute Gasteiger partial charge is 0.257 e. The number of methoxy groups -OCH3 is 2. The molecule has 2 aromatic rings. The Morgan fingerprint density at radius 1 is 1.14 bits per heavy atom. The van der Waals surface area contributed by atoms with Gasteiger partial charge in [-0.25, -0.2) is 8.42 Å². The van der Waals surface area contributed by atoms with Gasteiger partial charge in [0.25, 0.3) is 5.91 Å². The first-order chi connectivity index (χ1) is 13.1. The van der Waals surface area contributed by atoms with Crippen molar-refractivity contribution in [1.29, 1.82) is 0 Å². The molecule has 1 amide bonds. The van der Waals surface area contributed by atoms with E-state index in [-0.39, 0.29) is 17.0 Å². The third-order valence-corrected chi connectivity index (χ3v) is 6.31. The molecule has 0 unspecified atom stereocenters. The number of anilines is 2. The Balaban J connectivity index is 2.59. The minimum absolute atomic E-state index is 0.119. The summed E-state index contributed by atoms with van der Waals surface area (Å²) in [5.41, 5.74) is 1.64. The van der Waals surface area contributed by atoms with Crippen LogP contribution in [0.1, 0.15) is 22.8 Å². The Labute approximate surface area is 170 Å². The number of hydrogen-bond acceptors (Lipinski definition) is 5. The number of ether oxygens (including phenoxy) is 2. The van der Waals surface area contributed by atoms with Crippen LogP contribution in [0.2, 0.25) is 5.02 Å². The van der Waals surface area contributed by atoms with E-state index >= 15 is 0 Å². The van der Waals surface area contributed by atoms with Gasteiger partial charge in [0.1, 0.15) is 0 Å². The molecule has 0 atom stereocenters. The number of halogens is 1. The molecule has 0 saturated heterocycles. The van der Waals surface area contributed by atoms with Crippen LogP contribution in [0.25, 0.3) is 0 Å². The summed E-state index contributed by atoms with van der Waals surface area (Å²) in [5, 5.41) is 3.25. The molecule has 0 spiro atoms. The molecule has 0 heterocycles. The molecule has 28 heavy (non-hydrogen) atoms.